The molecule has 1 aromatic carbocycles. The van der Waals surface area contributed by atoms with Gasteiger partial charge in [-0.25, -0.2) is 0 Å². The van der Waals surface area contributed by atoms with Gasteiger partial charge in [-0.2, -0.15) is 0 Å². The van der Waals surface area contributed by atoms with E-state index in [1.165, 1.54) is 24.8 Å². The summed E-state index contributed by atoms with van der Waals surface area (Å²) in [6, 6.07) is 8.94. The Labute approximate surface area is 97.9 Å². The van der Waals surface area contributed by atoms with Crippen LogP contribution in [0.15, 0.2) is 24.3 Å². The Morgan fingerprint density at radius 2 is 1.69 bits per heavy atom. The fraction of sp³-hybridized carbons (Fsp3) is 0.571. The van der Waals surface area contributed by atoms with Gasteiger partial charge >= 0.3 is 0 Å². The van der Waals surface area contributed by atoms with Crippen molar-refractivity contribution in [3.05, 3.63) is 29.8 Å². The van der Waals surface area contributed by atoms with Gasteiger partial charge in [0, 0.05) is 18.6 Å². The van der Waals surface area contributed by atoms with Gasteiger partial charge in [0.2, 0.25) is 0 Å². The summed E-state index contributed by atoms with van der Waals surface area (Å²) in [5.74, 6) is 0.350. The van der Waals surface area contributed by atoms with Crippen molar-refractivity contribution in [3.63, 3.8) is 0 Å². The zero-order valence-electron chi connectivity index (χ0n) is 10.2. The highest BCUT2D eigenvalue weighted by atomic mass is 16.3. The van der Waals surface area contributed by atoms with Crippen LogP contribution in [0.4, 0.5) is 0 Å². The number of hydrogen-bond donors (Lipinski definition) is 1. The molecule has 0 aliphatic carbocycles. The second-order valence-corrected chi connectivity index (χ2v) is 4.97. The summed E-state index contributed by atoms with van der Waals surface area (Å²) in [7, 11) is 0. The van der Waals surface area contributed by atoms with Crippen LogP contribution in [0.3, 0.4) is 0 Å². The molecule has 1 saturated heterocycles. The molecule has 1 heterocycles. The van der Waals surface area contributed by atoms with Crippen molar-refractivity contribution in [2.24, 2.45) is 0 Å². The average Bonchev–Trinajstić information content (AvgIpc) is 2.26. The Morgan fingerprint density at radius 1 is 1.12 bits per heavy atom. The van der Waals surface area contributed by atoms with Crippen LogP contribution in [0.2, 0.25) is 0 Å². The van der Waals surface area contributed by atoms with E-state index in [0.29, 0.717) is 17.8 Å². The van der Waals surface area contributed by atoms with Crippen LogP contribution >= 0.6 is 0 Å². The number of nitrogens with zero attached hydrogens (tertiary/aromatic N) is 1. The predicted octanol–water partition coefficient (Wildman–Crippen LogP) is 3.16. The fourth-order valence-electron chi connectivity index (χ4n) is 2.60. The van der Waals surface area contributed by atoms with Gasteiger partial charge in [-0.3, -0.25) is 4.90 Å². The van der Waals surface area contributed by atoms with Crippen molar-refractivity contribution in [2.45, 2.75) is 51.7 Å². The minimum absolute atomic E-state index is 0.350. The Bertz CT molecular complexity index is 323. The molecule has 1 N–H and O–H groups in total. The van der Waals surface area contributed by atoms with Gasteiger partial charge < -0.3 is 5.11 Å². The number of phenols is 1. The molecular formula is C14H21NO. The van der Waals surface area contributed by atoms with Crippen LogP contribution in [0, 0.1) is 0 Å². The number of likely N-dealkylation sites (tertiary alicyclic amines) is 1. The summed E-state index contributed by atoms with van der Waals surface area (Å²) in [5.41, 5.74) is 1.29. The van der Waals surface area contributed by atoms with Gasteiger partial charge in [-0.15, -0.1) is 0 Å². The first kappa shape index (κ1) is 11.5. The molecule has 0 spiro atoms. The Balaban J connectivity index is 2.04. The predicted molar refractivity (Wildman–Crippen MR) is 66.4 cm³/mol. The number of piperidine rings is 1. The molecule has 0 aromatic heterocycles. The van der Waals surface area contributed by atoms with E-state index in [1.54, 1.807) is 12.1 Å². The highest BCUT2D eigenvalue weighted by Crippen LogP contribution is 2.24. The largest absolute Gasteiger partial charge is 0.508 e. The van der Waals surface area contributed by atoms with Crippen molar-refractivity contribution in [3.8, 4) is 5.75 Å². The lowest BCUT2D eigenvalue weighted by Gasteiger charge is -2.39. The zero-order chi connectivity index (χ0) is 11.5. The molecule has 2 unspecified atom stereocenters. The summed E-state index contributed by atoms with van der Waals surface area (Å²) in [5, 5.41) is 9.25. The second-order valence-electron chi connectivity index (χ2n) is 4.97. The lowest BCUT2D eigenvalue weighted by atomic mass is 9.97. The average molecular weight is 219 g/mol. The molecule has 1 aromatic rings. The summed E-state index contributed by atoms with van der Waals surface area (Å²) in [6.45, 7) is 5.63. The van der Waals surface area contributed by atoms with E-state index in [-0.39, 0.29) is 0 Å². The maximum Gasteiger partial charge on any atom is 0.115 e. The molecule has 2 rings (SSSR count). The normalized spacial score (nSPS) is 26.9. The number of aromatic hydroxyl groups is 1. The molecule has 0 saturated carbocycles. The highest BCUT2D eigenvalue weighted by Gasteiger charge is 2.24. The monoisotopic (exact) mass is 219 g/mol. The van der Waals surface area contributed by atoms with Crippen LogP contribution in [0.5, 0.6) is 5.75 Å². The Kier molecular flexibility index (Phi) is 3.49. The van der Waals surface area contributed by atoms with Crippen LogP contribution < -0.4 is 0 Å². The lowest BCUT2D eigenvalue weighted by molar-refractivity contribution is 0.0953. The van der Waals surface area contributed by atoms with Gasteiger partial charge in [0.15, 0.2) is 0 Å². The Hall–Kier alpha value is -1.02. The van der Waals surface area contributed by atoms with E-state index in [1.807, 2.05) is 12.1 Å². The van der Waals surface area contributed by atoms with E-state index in [9.17, 15) is 5.11 Å². The number of phenolic OH excluding ortho intramolecular Hbond substituents is 1. The standard InChI is InChI=1S/C14H21NO/c1-11-4-3-5-12(2)15(11)10-13-6-8-14(16)9-7-13/h6-9,11-12,16H,3-5,10H2,1-2H3. The quantitative estimate of drug-likeness (QED) is 0.826. The van der Waals surface area contributed by atoms with Crippen LogP contribution in [-0.2, 0) is 6.54 Å². The minimum Gasteiger partial charge on any atom is -0.508 e. The molecule has 2 nitrogen and oxygen atoms in total. The molecule has 16 heavy (non-hydrogen) atoms. The molecule has 1 aliphatic heterocycles. The third-order valence-electron chi connectivity index (χ3n) is 3.68. The molecule has 2 heteroatoms. The number of hydrogen-bond acceptors (Lipinski definition) is 2. The molecule has 2 atom stereocenters. The maximum atomic E-state index is 9.25. The SMILES string of the molecule is CC1CCCC(C)N1Cc1ccc(O)cc1. The summed E-state index contributed by atoms with van der Waals surface area (Å²) in [6.07, 6.45) is 3.97. The zero-order valence-corrected chi connectivity index (χ0v) is 10.2. The first-order chi connectivity index (χ1) is 7.66. The van der Waals surface area contributed by atoms with Crippen LogP contribution in [-0.4, -0.2) is 22.1 Å². The van der Waals surface area contributed by atoms with Crippen molar-refractivity contribution < 1.29 is 5.11 Å². The third kappa shape index (κ3) is 2.56. The van der Waals surface area contributed by atoms with Gasteiger partial charge in [-0.1, -0.05) is 18.6 Å². The smallest absolute Gasteiger partial charge is 0.115 e. The van der Waals surface area contributed by atoms with Crippen LogP contribution in [0.1, 0.15) is 38.7 Å². The molecule has 1 aliphatic rings. The minimum atomic E-state index is 0.350. The molecular weight excluding hydrogens is 198 g/mol. The van der Waals surface area contributed by atoms with Crippen molar-refractivity contribution in [2.75, 3.05) is 0 Å². The van der Waals surface area contributed by atoms with Crippen molar-refractivity contribution in [1.82, 2.24) is 4.90 Å². The van der Waals surface area contributed by atoms with E-state index in [4.69, 9.17) is 0 Å². The first-order valence-electron chi connectivity index (χ1n) is 6.20. The van der Waals surface area contributed by atoms with Gasteiger partial charge in [0.1, 0.15) is 5.75 Å². The molecule has 0 radical (unpaired) electrons. The molecule has 0 amide bonds. The molecule has 0 bridgehead atoms. The summed E-state index contributed by atoms with van der Waals surface area (Å²) in [4.78, 5) is 2.57. The molecule has 88 valence electrons. The summed E-state index contributed by atoms with van der Waals surface area (Å²) >= 11 is 0. The van der Waals surface area contributed by atoms with Crippen molar-refractivity contribution >= 4 is 0 Å². The van der Waals surface area contributed by atoms with Crippen LogP contribution in [0.25, 0.3) is 0 Å². The van der Waals surface area contributed by atoms with E-state index in [2.05, 4.69) is 18.7 Å². The highest BCUT2D eigenvalue weighted by molar-refractivity contribution is 5.25. The summed E-state index contributed by atoms with van der Waals surface area (Å²) < 4.78 is 0. The van der Waals surface area contributed by atoms with Gasteiger partial charge in [-0.05, 0) is 44.4 Å². The topological polar surface area (TPSA) is 23.5 Å². The van der Waals surface area contributed by atoms with E-state index in [0.717, 1.165) is 6.54 Å². The maximum absolute atomic E-state index is 9.25. The van der Waals surface area contributed by atoms with E-state index >= 15 is 0 Å². The van der Waals surface area contributed by atoms with Gasteiger partial charge in [0.25, 0.3) is 0 Å². The second kappa shape index (κ2) is 4.88. The fourth-order valence-corrected chi connectivity index (χ4v) is 2.60. The Morgan fingerprint density at radius 3 is 2.25 bits per heavy atom. The number of rotatable bonds is 2. The van der Waals surface area contributed by atoms with E-state index < -0.39 is 0 Å². The lowest BCUT2D eigenvalue weighted by Crippen LogP contribution is -2.42. The van der Waals surface area contributed by atoms with Crippen molar-refractivity contribution in [1.29, 1.82) is 0 Å². The third-order valence-corrected chi connectivity index (χ3v) is 3.68. The van der Waals surface area contributed by atoms with Gasteiger partial charge in [0.05, 0.1) is 0 Å². The first-order valence-corrected chi connectivity index (χ1v) is 6.20. The molecule has 1 fully saturated rings. The number of benzene rings is 1.